The Kier molecular flexibility index (Phi) is 2.89. The highest BCUT2D eigenvalue weighted by Crippen LogP contribution is 2.41. The van der Waals surface area contributed by atoms with E-state index < -0.39 is 5.97 Å². The Labute approximate surface area is 113 Å². The van der Waals surface area contributed by atoms with Crippen molar-refractivity contribution in [1.82, 2.24) is 0 Å². The first-order valence-electron chi connectivity index (χ1n) is 6.30. The lowest BCUT2D eigenvalue weighted by molar-refractivity contribution is -0.122. The predicted molar refractivity (Wildman–Crippen MR) is 69.2 cm³/mol. The number of carboxylic acids is 1. The molecule has 1 N–H and O–H groups in total. The van der Waals surface area contributed by atoms with Crippen LogP contribution in [-0.4, -0.2) is 22.9 Å². The number of aromatic carboxylic acids is 1. The van der Waals surface area contributed by atoms with Gasteiger partial charge in [-0.25, -0.2) is 9.69 Å². The van der Waals surface area contributed by atoms with Crippen LogP contribution in [0.4, 0.5) is 5.69 Å². The summed E-state index contributed by atoms with van der Waals surface area (Å²) in [5.41, 5.74) is 0.238. The molecule has 6 heteroatoms. The average Bonchev–Trinajstić information content (AvgIpc) is 2.95. The maximum Gasteiger partial charge on any atom is 0.348 e. The fraction of sp³-hybridized carbons (Fsp3) is 0.462. The number of fused-ring (bicyclic) bond motifs is 1. The van der Waals surface area contributed by atoms with Crippen LogP contribution in [0, 0.1) is 11.8 Å². The molecular weight excluding hydrogens is 266 g/mol. The van der Waals surface area contributed by atoms with E-state index in [0.717, 1.165) is 41.9 Å². The van der Waals surface area contributed by atoms with Gasteiger partial charge in [-0.1, -0.05) is 12.8 Å². The monoisotopic (exact) mass is 279 g/mol. The number of imide groups is 1. The van der Waals surface area contributed by atoms with Crippen molar-refractivity contribution >= 4 is 34.8 Å². The first-order chi connectivity index (χ1) is 9.11. The third-order valence-electron chi connectivity index (χ3n) is 3.92. The SMILES string of the molecule is O=C(O)c1sccc1N1C(=O)C2CCCCC2C1=O. The molecule has 1 saturated carbocycles. The van der Waals surface area contributed by atoms with Gasteiger partial charge in [-0.3, -0.25) is 9.59 Å². The summed E-state index contributed by atoms with van der Waals surface area (Å²) in [7, 11) is 0. The van der Waals surface area contributed by atoms with Gasteiger partial charge in [0, 0.05) is 0 Å². The second-order valence-electron chi connectivity index (χ2n) is 4.95. The number of rotatable bonds is 2. The van der Waals surface area contributed by atoms with Crippen molar-refractivity contribution in [2.75, 3.05) is 4.90 Å². The molecule has 19 heavy (non-hydrogen) atoms. The number of anilines is 1. The standard InChI is InChI=1S/C13H13NO4S/c15-11-7-3-1-2-4-8(7)12(16)14(11)9-5-6-19-10(9)13(17)18/h5-8H,1-4H2,(H,17,18). The van der Waals surface area contributed by atoms with Crippen LogP contribution in [-0.2, 0) is 9.59 Å². The molecule has 2 heterocycles. The summed E-state index contributed by atoms with van der Waals surface area (Å²) in [6.07, 6.45) is 3.39. The number of hydrogen-bond donors (Lipinski definition) is 1. The summed E-state index contributed by atoms with van der Waals surface area (Å²) in [5, 5.41) is 10.7. The lowest BCUT2D eigenvalue weighted by Crippen LogP contribution is -2.31. The van der Waals surface area contributed by atoms with Crippen LogP contribution < -0.4 is 4.90 Å². The molecule has 0 bridgehead atoms. The zero-order chi connectivity index (χ0) is 13.6. The van der Waals surface area contributed by atoms with Crippen LogP contribution in [0.15, 0.2) is 11.4 Å². The Morgan fingerprint density at radius 3 is 2.32 bits per heavy atom. The van der Waals surface area contributed by atoms with E-state index in [0.29, 0.717) is 0 Å². The topological polar surface area (TPSA) is 74.7 Å². The van der Waals surface area contributed by atoms with E-state index in [4.69, 9.17) is 5.11 Å². The second-order valence-corrected chi connectivity index (χ2v) is 5.87. The van der Waals surface area contributed by atoms with Gasteiger partial charge in [-0.15, -0.1) is 11.3 Å². The highest BCUT2D eigenvalue weighted by atomic mass is 32.1. The molecule has 1 aromatic heterocycles. The van der Waals surface area contributed by atoms with E-state index in [9.17, 15) is 14.4 Å². The summed E-state index contributed by atoms with van der Waals surface area (Å²) in [4.78, 5) is 37.0. The summed E-state index contributed by atoms with van der Waals surface area (Å²) in [6.45, 7) is 0. The second kappa shape index (κ2) is 4.45. The molecule has 1 aliphatic carbocycles. The quantitative estimate of drug-likeness (QED) is 0.841. The number of hydrogen-bond acceptors (Lipinski definition) is 4. The van der Waals surface area contributed by atoms with Crippen LogP contribution in [0.5, 0.6) is 0 Å². The van der Waals surface area contributed by atoms with Crippen molar-refractivity contribution < 1.29 is 19.5 Å². The first kappa shape index (κ1) is 12.3. The van der Waals surface area contributed by atoms with Crippen molar-refractivity contribution in [2.45, 2.75) is 25.7 Å². The van der Waals surface area contributed by atoms with Crippen LogP contribution in [0.2, 0.25) is 0 Å². The lowest BCUT2D eigenvalue weighted by Gasteiger charge is -2.19. The predicted octanol–water partition coefficient (Wildman–Crippen LogP) is 2.13. The Bertz CT molecular complexity index is 541. The van der Waals surface area contributed by atoms with Crippen molar-refractivity contribution in [3.63, 3.8) is 0 Å². The van der Waals surface area contributed by atoms with Crippen LogP contribution in [0.25, 0.3) is 0 Å². The van der Waals surface area contributed by atoms with Gasteiger partial charge in [0.05, 0.1) is 17.5 Å². The summed E-state index contributed by atoms with van der Waals surface area (Å²) in [6, 6.07) is 1.54. The number of carboxylic acid groups (broad SMARTS) is 1. The third-order valence-corrected chi connectivity index (χ3v) is 4.81. The van der Waals surface area contributed by atoms with Gasteiger partial charge in [-0.2, -0.15) is 0 Å². The summed E-state index contributed by atoms with van der Waals surface area (Å²) >= 11 is 1.04. The molecule has 5 nitrogen and oxygen atoms in total. The molecule has 0 spiro atoms. The molecule has 1 saturated heterocycles. The van der Waals surface area contributed by atoms with Gasteiger partial charge in [0.1, 0.15) is 4.88 Å². The molecule has 0 radical (unpaired) electrons. The van der Waals surface area contributed by atoms with Crippen LogP contribution >= 0.6 is 11.3 Å². The lowest BCUT2D eigenvalue weighted by atomic mass is 9.81. The van der Waals surface area contributed by atoms with E-state index >= 15 is 0 Å². The minimum Gasteiger partial charge on any atom is -0.477 e. The van der Waals surface area contributed by atoms with E-state index in [1.807, 2.05) is 0 Å². The molecule has 0 aromatic carbocycles. The smallest absolute Gasteiger partial charge is 0.348 e. The normalized spacial score (nSPS) is 26.6. The van der Waals surface area contributed by atoms with Gasteiger partial charge in [0.25, 0.3) is 0 Å². The molecule has 2 fully saturated rings. The summed E-state index contributed by atoms with van der Waals surface area (Å²) in [5.74, 6) is -2.04. The fourth-order valence-corrected chi connectivity index (χ4v) is 3.75. The average molecular weight is 279 g/mol. The van der Waals surface area contributed by atoms with Gasteiger partial charge in [-0.05, 0) is 24.3 Å². The molecule has 2 unspecified atom stereocenters. The number of carbonyl (C=O) groups is 3. The maximum atomic E-state index is 12.3. The fourth-order valence-electron chi connectivity index (χ4n) is 3.04. The molecule has 2 atom stereocenters. The van der Waals surface area contributed by atoms with Gasteiger partial charge < -0.3 is 5.11 Å². The zero-order valence-electron chi connectivity index (χ0n) is 10.2. The highest BCUT2D eigenvalue weighted by Gasteiger charge is 2.49. The van der Waals surface area contributed by atoms with E-state index in [1.54, 1.807) is 11.4 Å². The summed E-state index contributed by atoms with van der Waals surface area (Å²) < 4.78 is 0. The highest BCUT2D eigenvalue weighted by molar-refractivity contribution is 7.12. The Balaban J connectivity index is 2.01. The van der Waals surface area contributed by atoms with Crippen molar-refractivity contribution in [3.05, 3.63) is 16.3 Å². The van der Waals surface area contributed by atoms with Gasteiger partial charge >= 0.3 is 5.97 Å². The Hall–Kier alpha value is -1.69. The first-order valence-corrected chi connectivity index (χ1v) is 7.18. The van der Waals surface area contributed by atoms with Crippen LogP contribution in [0.1, 0.15) is 35.4 Å². The largest absolute Gasteiger partial charge is 0.477 e. The maximum absolute atomic E-state index is 12.3. The van der Waals surface area contributed by atoms with Gasteiger partial charge in [0.2, 0.25) is 11.8 Å². The molecule has 2 amide bonds. The van der Waals surface area contributed by atoms with Crippen molar-refractivity contribution in [3.8, 4) is 0 Å². The minimum atomic E-state index is -1.10. The molecule has 100 valence electrons. The number of amides is 2. The van der Waals surface area contributed by atoms with E-state index in [2.05, 4.69) is 0 Å². The minimum absolute atomic E-state index is 0.0559. The molecule has 1 aromatic rings. The van der Waals surface area contributed by atoms with Gasteiger partial charge in [0.15, 0.2) is 0 Å². The Morgan fingerprint density at radius 2 is 1.79 bits per heavy atom. The van der Waals surface area contributed by atoms with E-state index in [1.165, 1.54) is 0 Å². The molecular formula is C13H13NO4S. The molecule has 1 aliphatic heterocycles. The van der Waals surface area contributed by atoms with Crippen LogP contribution in [0.3, 0.4) is 0 Å². The molecule has 3 rings (SSSR count). The Morgan fingerprint density at radius 1 is 1.21 bits per heavy atom. The number of nitrogens with zero attached hydrogens (tertiary/aromatic N) is 1. The van der Waals surface area contributed by atoms with E-state index in [-0.39, 0.29) is 34.2 Å². The zero-order valence-corrected chi connectivity index (χ0v) is 11.0. The number of thiophene rings is 1. The molecule has 2 aliphatic rings. The number of carbonyl (C=O) groups excluding carboxylic acids is 2. The van der Waals surface area contributed by atoms with Crippen molar-refractivity contribution in [1.29, 1.82) is 0 Å². The third kappa shape index (κ3) is 1.78. The van der Waals surface area contributed by atoms with Crippen molar-refractivity contribution in [2.24, 2.45) is 11.8 Å².